The van der Waals surface area contributed by atoms with Gasteiger partial charge in [0.15, 0.2) is 0 Å². The highest BCUT2D eigenvalue weighted by Crippen LogP contribution is 2.40. The van der Waals surface area contributed by atoms with Crippen LogP contribution in [0.4, 0.5) is 10.8 Å². The molecule has 0 spiro atoms. The van der Waals surface area contributed by atoms with Crippen molar-refractivity contribution < 1.29 is 0 Å². The fourth-order valence-electron chi connectivity index (χ4n) is 5.16. The van der Waals surface area contributed by atoms with Crippen molar-refractivity contribution >= 4 is 44.0 Å². The van der Waals surface area contributed by atoms with Gasteiger partial charge in [0.25, 0.3) is 0 Å². The Hall–Kier alpha value is -4.68. The van der Waals surface area contributed by atoms with Gasteiger partial charge in [-0.1, -0.05) is 89.7 Å². The molecule has 0 bridgehead atoms. The molecule has 5 nitrogen and oxygen atoms in total. The van der Waals surface area contributed by atoms with Crippen molar-refractivity contribution in [3.8, 4) is 10.6 Å². The molecule has 38 heavy (non-hydrogen) atoms. The lowest BCUT2D eigenvalue weighted by molar-refractivity contribution is 0.998. The number of aromatic amines is 2. The zero-order chi connectivity index (χ0) is 25.5. The van der Waals surface area contributed by atoms with E-state index < -0.39 is 0 Å². The average Bonchev–Trinajstić information content (AvgIpc) is 3.70. The van der Waals surface area contributed by atoms with Crippen LogP contribution in [0.25, 0.3) is 32.4 Å². The van der Waals surface area contributed by atoms with Crippen molar-refractivity contribution in [1.29, 1.82) is 0 Å². The second-order valence-corrected chi connectivity index (χ2v) is 10.5. The summed E-state index contributed by atoms with van der Waals surface area (Å²) in [4.78, 5) is 6.96. The Kier molecular flexibility index (Phi) is 5.52. The summed E-state index contributed by atoms with van der Waals surface area (Å²) in [6, 6.07) is 34.0. The third-order valence-electron chi connectivity index (χ3n) is 7.08. The van der Waals surface area contributed by atoms with Gasteiger partial charge in [-0.2, -0.15) is 0 Å². The van der Waals surface area contributed by atoms with E-state index in [1.54, 1.807) is 11.3 Å². The number of para-hydroxylation sites is 2. The van der Waals surface area contributed by atoms with Crippen LogP contribution in [0.2, 0.25) is 0 Å². The smallest absolute Gasteiger partial charge is 0.210 e. The molecule has 4 aromatic carbocycles. The third kappa shape index (κ3) is 4.05. The lowest BCUT2D eigenvalue weighted by Crippen LogP contribution is -2.02. The van der Waals surface area contributed by atoms with E-state index in [2.05, 4.69) is 142 Å². The largest absolute Gasteiger partial charge is 0.361 e. The first kappa shape index (κ1) is 22.5. The summed E-state index contributed by atoms with van der Waals surface area (Å²) in [5.41, 5.74) is 9.33. The number of hydrogen-bond donors (Lipinski definition) is 3. The van der Waals surface area contributed by atoms with Gasteiger partial charge in [-0.15, -0.1) is 10.2 Å². The van der Waals surface area contributed by atoms with E-state index in [9.17, 15) is 0 Å². The number of rotatable bonds is 6. The molecule has 3 N–H and O–H groups in total. The molecule has 7 aromatic rings. The molecule has 0 aliphatic heterocycles. The molecule has 184 valence electrons. The lowest BCUT2D eigenvalue weighted by atomic mass is 9.84. The van der Waals surface area contributed by atoms with E-state index in [0.717, 1.165) is 32.4 Å². The highest BCUT2D eigenvalue weighted by Gasteiger charge is 2.23. The molecule has 3 aromatic heterocycles. The standard InChI is InChI=1S/C32H25N5S/c1-20-10-16-23(17-11-20)35-32-37-36-31(38-32)22-14-12-21(13-15-22)30(26-18-33-28-8-4-2-6-24(26)28)27-19-34-29-9-5-3-7-25(27)29/h2-19,30,33-34H,1H3,(H,35,37). The second kappa shape index (κ2) is 9.32. The summed E-state index contributed by atoms with van der Waals surface area (Å²) in [7, 11) is 0. The minimum absolute atomic E-state index is 0.0736. The maximum absolute atomic E-state index is 4.45. The van der Waals surface area contributed by atoms with Crippen molar-refractivity contribution in [2.75, 3.05) is 5.32 Å². The molecule has 0 aliphatic rings. The van der Waals surface area contributed by atoms with Crippen LogP contribution < -0.4 is 5.32 Å². The van der Waals surface area contributed by atoms with Crippen molar-refractivity contribution in [3.63, 3.8) is 0 Å². The predicted octanol–water partition coefficient (Wildman–Crippen LogP) is 8.40. The third-order valence-corrected chi connectivity index (χ3v) is 7.97. The SMILES string of the molecule is Cc1ccc(Nc2nnc(-c3ccc(C(c4c[nH]c5ccccc45)c4c[nH]c5ccccc45)cc3)s2)cc1. The summed E-state index contributed by atoms with van der Waals surface area (Å²) in [5, 5.41) is 16.3. The molecule has 0 amide bonds. The normalized spacial score (nSPS) is 11.5. The monoisotopic (exact) mass is 511 g/mol. The molecular formula is C32H25N5S. The van der Waals surface area contributed by atoms with Crippen LogP contribution in [0.3, 0.4) is 0 Å². The Labute approximate surface area is 224 Å². The van der Waals surface area contributed by atoms with Crippen LogP contribution >= 0.6 is 11.3 Å². The molecule has 3 heterocycles. The first-order chi connectivity index (χ1) is 18.7. The first-order valence-corrected chi connectivity index (χ1v) is 13.4. The Morgan fingerprint density at radius 2 is 1.29 bits per heavy atom. The molecule has 0 atom stereocenters. The highest BCUT2D eigenvalue weighted by molar-refractivity contribution is 7.18. The van der Waals surface area contributed by atoms with Gasteiger partial charge in [-0.25, -0.2) is 0 Å². The maximum atomic E-state index is 4.45. The van der Waals surface area contributed by atoms with Gasteiger partial charge in [0.2, 0.25) is 5.13 Å². The molecule has 7 rings (SSSR count). The number of hydrogen-bond acceptors (Lipinski definition) is 4. The average molecular weight is 512 g/mol. The maximum Gasteiger partial charge on any atom is 0.210 e. The fourth-order valence-corrected chi connectivity index (χ4v) is 5.93. The van der Waals surface area contributed by atoms with Crippen LogP contribution in [0.5, 0.6) is 0 Å². The van der Waals surface area contributed by atoms with Crippen molar-refractivity contribution in [2.45, 2.75) is 12.8 Å². The van der Waals surface area contributed by atoms with Crippen molar-refractivity contribution in [2.24, 2.45) is 0 Å². The molecule has 0 saturated carbocycles. The second-order valence-electron chi connectivity index (χ2n) is 9.54. The number of aromatic nitrogens is 4. The van der Waals surface area contributed by atoms with Gasteiger partial charge >= 0.3 is 0 Å². The Balaban J connectivity index is 1.26. The van der Waals surface area contributed by atoms with E-state index in [1.165, 1.54) is 33.0 Å². The number of nitrogens with zero attached hydrogens (tertiary/aromatic N) is 2. The number of aryl methyl sites for hydroxylation is 1. The van der Waals surface area contributed by atoms with Crippen LogP contribution in [0.15, 0.2) is 109 Å². The summed E-state index contributed by atoms with van der Waals surface area (Å²) >= 11 is 1.56. The molecule has 6 heteroatoms. The van der Waals surface area contributed by atoms with Crippen LogP contribution in [-0.4, -0.2) is 20.2 Å². The Bertz CT molecular complexity index is 1780. The molecular weight excluding hydrogens is 486 g/mol. The van der Waals surface area contributed by atoms with Gasteiger partial charge in [0, 0.05) is 51.4 Å². The number of H-pyrrole nitrogens is 2. The van der Waals surface area contributed by atoms with E-state index >= 15 is 0 Å². The number of fused-ring (bicyclic) bond motifs is 2. The number of nitrogens with one attached hydrogen (secondary N) is 3. The van der Waals surface area contributed by atoms with Gasteiger partial charge in [-0.05, 0) is 47.9 Å². The van der Waals surface area contributed by atoms with Crippen LogP contribution in [0, 0.1) is 6.92 Å². The molecule has 0 unspecified atom stereocenters. The quantitative estimate of drug-likeness (QED) is 0.210. The minimum Gasteiger partial charge on any atom is -0.361 e. The summed E-state index contributed by atoms with van der Waals surface area (Å²) in [5.74, 6) is 0.0736. The van der Waals surface area contributed by atoms with Crippen LogP contribution in [-0.2, 0) is 0 Å². The van der Waals surface area contributed by atoms with E-state index in [-0.39, 0.29) is 5.92 Å². The first-order valence-electron chi connectivity index (χ1n) is 12.6. The molecule has 0 saturated heterocycles. The highest BCUT2D eigenvalue weighted by atomic mass is 32.1. The molecule has 0 radical (unpaired) electrons. The lowest BCUT2D eigenvalue weighted by Gasteiger charge is -2.18. The van der Waals surface area contributed by atoms with Crippen molar-refractivity contribution in [3.05, 3.63) is 132 Å². The summed E-state index contributed by atoms with van der Waals surface area (Å²) in [6.07, 6.45) is 4.30. The predicted molar refractivity (Wildman–Crippen MR) is 157 cm³/mol. The fraction of sp³-hybridized carbons (Fsp3) is 0.0625. The van der Waals surface area contributed by atoms with Crippen LogP contribution in [0.1, 0.15) is 28.2 Å². The molecule has 0 fully saturated rings. The number of anilines is 2. The van der Waals surface area contributed by atoms with Crippen molar-refractivity contribution in [1.82, 2.24) is 20.2 Å². The summed E-state index contributed by atoms with van der Waals surface area (Å²) < 4.78 is 0. The Morgan fingerprint density at radius 3 is 1.92 bits per heavy atom. The van der Waals surface area contributed by atoms with Gasteiger partial charge < -0.3 is 15.3 Å². The van der Waals surface area contributed by atoms with E-state index in [4.69, 9.17) is 0 Å². The van der Waals surface area contributed by atoms with E-state index in [0.29, 0.717) is 0 Å². The minimum atomic E-state index is 0.0736. The van der Waals surface area contributed by atoms with Gasteiger partial charge in [-0.3, -0.25) is 0 Å². The van der Waals surface area contributed by atoms with E-state index in [1.807, 2.05) is 0 Å². The van der Waals surface area contributed by atoms with Gasteiger partial charge in [0.1, 0.15) is 5.01 Å². The zero-order valence-electron chi connectivity index (χ0n) is 20.8. The Morgan fingerprint density at radius 1 is 0.684 bits per heavy atom. The zero-order valence-corrected chi connectivity index (χ0v) is 21.6. The summed E-state index contributed by atoms with van der Waals surface area (Å²) in [6.45, 7) is 2.08. The topological polar surface area (TPSA) is 69.4 Å². The molecule has 0 aliphatic carbocycles. The van der Waals surface area contributed by atoms with Gasteiger partial charge in [0.05, 0.1) is 0 Å². The number of benzene rings is 4.